The highest BCUT2D eigenvalue weighted by molar-refractivity contribution is 6.32. The average Bonchev–Trinajstić information content (AvgIpc) is 2.40. The number of non-ortho nitro benzene ring substituents is 1. The summed E-state index contributed by atoms with van der Waals surface area (Å²) in [6.45, 7) is 0. The number of hydrogen-bond acceptors (Lipinski definition) is 4. The molecule has 0 radical (unpaired) electrons. The molecule has 0 heterocycles. The number of nitro benzene ring substituents is 1. The van der Waals surface area contributed by atoms with Crippen LogP contribution in [0.3, 0.4) is 0 Å². The van der Waals surface area contributed by atoms with Crippen molar-refractivity contribution in [3.63, 3.8) is 0 Å². The summed E-state index contributed by atoms with van der Waals surface area (Å²) >= 11 is 5.89. The topological polar surface area (TPSA) is 64.4 Å². The van der Waals surface area contributed by atoms with Crippen LogP contribution in [0.4, 0.5) is 21.5 Å². The van der Waals surface area contributed by atoms with Gasteiger partial charge in [-0.25, -0.2) is 4.39 Å². The van der Waals surface area contributed by atoms with Gasteiger partial charge in [-0.15, -0.1) is 0 Å². The summed E-state index contributed by atoms with van der Waals surface area (Å²) in [6.07, 6.45) is 0. The minimum absolute atomic E-state index is 0.265. The summed E-state index contributed by atoms with van der Waals surface area (Å²) in [4.78, 5) is 10.0. The number of benzene rings is 2. The van der Waals surface area contributed by atoms with E-state index in [1.165, 1.54) is 13.2 Å². The lowest BCUT2D eigenvalue weighted by Crippen LogP contribution is -1.95. The first kappa shape index (κ1) is 14.1. The number of rotatable bonds is 4. The highest BCUT2D eigenvalue weighted by Crippen LogP contribution is 2.30. The van der Waals surface area contributed by atoms with Gasteiger partial charge in [0, 0.05) is 23.5 Å². The van der Waals surface area contributed by atoms with E-state index in [9.17, 15) is 14.5 Å². The molecule has 0 atom stereocenters. The number of nitro groups is 1. The second-order valence-electron chi connectivity index (χ2n) is 3.93. The molecule has 1 N–H and O–H groups in total. The van der Waals surface area contributed by atoms with Crippen molar-refractivity contribution in [1.29, 1.82) is 0 Å². The summed E-state index contributed by atoms with van der Waals surface area (Å²) in [5.74, 6) is -0.245. The minimum Gasteiger partial charge on any atom is -0.495 e. The lowest BCUT2D eigenvalue weighted by Gasteiger charge is -2.09. The summed E-state index contributed by atoms with van der Waals surface area (Å²) in [7, 11) is 1.47. The molecule has 0 amide bonds. The van der Waals surface area contributed by atoms with Crippen LogP contribution in [0.25, 0.3) is 0 Å². The van der Waals surface area contributed by atoms with Gasteiger partial charge in [-0.1, -0.05) is 11.6 Å². The van der Waals surface area contributed by atoms with Crippen LogP contribution >= 0.6 is 11.6 Å². The Morgan fingerprint density at radius 2 is 2.00 bits per heavy atom. The van der Waals surface area contributed by atoms with E-state index in [-0.39, 0.29) is 11.4 Å². The molecular weight excluding hydrogens is 287 g/mol. The maximum absolute atomic E-state index is 13.3. The van der Waals surface area contributed by atoms with Crippen molar-refractivity contribution in [2.24, 2.45) is 0 Å². The van der Waals surface area contributed by atoms with Gasteiger partial charge in [-0.05, 0) is 18.2 Å². The minimum atomic E-state index is -0.692. The maximum Gasteiger partial charge on any atom is 0.274 e. The Morgan fingerprint density at radius 1 is 1.25 bits per heavy atom. The molecule has 2 aromatic rings. The summed E-state index contributed by atoms with van der Waals surface area (Å²) in [5.41, 5.74) is 0.514. The predicted octanol–water partition coefficient (Wildman–Crippen LogP) is 4.14. The van der Waals surface area contributed by atoms with Crippen LogP contribution in [0.2, 0.25) is 5.02 Å². The molecule has 0 saturated heterocycles. The molecule has 0 aliphatic rings. The first-order chi connectivity index (χ1) is 9.49. The summed E-state index contributed by atoms with van der Waals surface area (Å²) in [6, 6.07) is 8.13. The van der Waals surface area contributed by atoms with Crippen LogP contribution in [0, 0.1) is 15.9 Å². The fraction of sp³-hybridized carbons (Fsp3) is 0.0769. The smallest absolute Gasteiger partial charge is 0.274 e. The van der Waals surface area contributed by atoms with E-state index in [2.05, 4.69) is 5.32 Å². The van der Waals surface area contributed by atoms with E-state index in [0.29, 0.717) is 16.5 Å². The van der Waals surface area contributed by atoms with Crippen molar-refractivity contribution in [3.8, 4) is 5.75 Å². The number of halogens is 2. The van der Waals surface area contributed by atoms with Gasteiger partial charge in [-0.2, -0.15) is 0 Å². The standard InChI is InChI=1S/C13H10ClFN2O3/c1-20-13-7-9(2-3-12(13)14)16-10-4-8(15)5-11(6-10)17(18)19/h2-7,16H,1H3. The van der Waals surface area contributed by atoms with E-state index in [0.717, 1.165) is 12.1 Å². The molecule has 0 fully saturated rings. The Hall–Kier alpha value is -2.34. The van der Waals surface area contributed by atoms with E-state index in [1.807, 2.05) is 0 Å². The normalized spacial score (nSPS) is 10.2. The highest BCUT2D eigenvalue weighted by Gasteiger charge is 2.10. The Bertz CT molecular complexity index is 664. The number of nitrogens with zero attached hydrogens (tertiary/aromatic N) is 1. The molecule has 5 nitrogen and oxygen atoms in total. The van der Waals surface area contributed by atoms with Crippen molar-refractivity contribution in [2.75, 3.05) is 12.4 Å². The van der Waals surface area contributed by atoms with Crippen LogP contribution in [0.15, 0.2) is 36.4 Å². The SMILES string of the molecule is COc1cc(Nc2cc(F)cc([N+](=O)[O-])c2)ccc1Cl. The predicted molar refractivity (Wildman–Crippen MR) is 74.3 cm³/mol. The zero-order valence-electron chi connectivity index (χ0n) is 10.4. The molecule has 0 aliphatic heterocycles. The van der Waals surface area contributed by atoms with Crippen LogP contribution in [-0.4, -0.2) is 12.0 Å². The number of methoxy groups -OCH3 is 1. The Labute approximate surface area is 119 Å². The first-order valence-corrected chi connectivity index (χ1v) is 5.93. The molecule has 7 heteroatoms. The molecule has 0 saturated carbocycles. The Kier molecular flexibility index (Phi) is 4.05. The third-order valence-corrected chi connectivity index (χ3v) is 2.85. The molecule has 0 bridgehead atoms. The lowest BCUT2D eigenvalue weighted by molar-refractivity contribution is -0.385. The van der Waals surface area contributed by atoms with E-state index < -0.39 is 10.7 Å². The van der Waals surface area contributed by atoms with E-state index in [4.69, 9.17) is 16.3 Å². The van der Waals surface area contributed by atoms with Crippen molar-refractivity contribution in [2.45, 2.75) is 0 Å². The molecule has 0 aliphatic carbocycles. The Balaban J connectivity index is 2.32. The fourth-order valence-corrected chi connectivity index (χ4v) is 1.85. The van der Waals surface area contributed by atoms with Crippen LogP contribution in [0.1, 0.15) is 0 Å². The van der Waals surface area contributed by atoms with Gasteiger partial charge < -0.3 is 10.1 Å². The van der Waals surface area contributed by atoms with Gasteiger partial charge >= 0.3 is 0 Å². The molecule has 0 aromatic heterocycles. The average molecular weight is 297 g/mol. The maximum atomic E-state index is 13.3. The monoisotopic (exact) mass is 296 g/mol. The molecule has 0 spiro atoms. The second kappa shape index (κ2) is 5.75. The number of ether oxygens (including phenoxy) is 1. The number of nitrogens with one attached hydrogen (secondary N) is 1. The van der Waals surface area contributed by atoms with Gasteiger partial charge in [0.25, 0.3) is 5.69 Å². The molecule has 2 aromatic carbocycles. The highest BCUT2D eigenvalue weighted by atomic mass is 35.5. The number of hydrogen-bond donors (Lipinski definition) is 1. The van der Waals surface area contributed by atoms with Gasteiger partial charge in [0.05, 0.1) is 23.1 Å². The van der Waals surface area contributed by atoms with Gasteiger partial charge in [0.15, 0.2) is 0 Å². The number of anilines is 2. The fourth-order valence-electron chi connectivity index (χ4n) is 1.66. The largest absolute Gasteiger partial charge is 0.495 e. The van der Waals surface area contributed by atoms with Gasteiger partial charge in [-0.3, -0.25) is 10.1 Å². The third-order valence-electron chi connectivity index (χ3n) is 2.53. The molecule has 104 valence electrons. The van der Waals surface area contributed by atoms with Crippen LogP contribution in [0.5, 0.6) is 5.75 Å². The van der Waals surface area contributed by atoms with Gasteiger partial charge in [0.2, 0.25) is 0 Å². The molecule has 20 heavy (non-hydrogen) atoms. The lowest BCUT2D eigenvalue weighted by atomic mass is 10.2. The molecular formula is C13H10ClFN2O3. The Morgan fingerprint density at radius 3 is 2.65 bits per heavy atom. The summed E-state index contributed by atoms with van der Waals surface area (Å²) < 4.78 is 18.4. The quantitative estimate of drug-likeness (QED) is 0.680. The van der Waals surface area contributed by atoms with Crippen molar-refractivity contribution >= 4 is 28.7 Å². The van der Waals surface area contributed by atoms with Crippen molar-refractivity contribution < 1.29 is 14.1 Å². The first-order valence-electron chi connectivity index (χ1n) is 5.55. The second-order valence-corrected chi connectivity index (χ2v) is 4.34. The molecule has 2 rings (SSSR count). The van der Waals surface area contributed by atoms with Crippen LogP contribution < -0.4 is 10.1 Å². The van der Waals surface area contributed by atoms with Crippen LogP contribution in [-0.2, 0) is 0 Å². The molecule has 0 unspecified atom stereocenters. The third kappa shape index (κ3) is 3.16. The van der Waals surface area contributed by atoms with E-state index >= 15 is 0 Å². The van der Waals surface area contributed by atoms with E-state index in [1.54, 1.807) is 18.2 Å². The van der Waals surface area contributed by atoms with Crippen molar-refractivity contribution in [3.05, 3.63) is 57.4 Å². The van der Waals surface area contributed by atoms with Gasteiger partial charge in [0.1, 0.15) is 11.6 Å². The zero-order valence-corrected chi connectivity index (χ0v) is 11.1. The zero-order chi connectivity index (χ0) is 14.7. The summed E-state index contributed by atoms with van der Waals surface area (Å²) in [5, 5.41) is 14.0. The van der Waals surface area contributed by atoms with Crippen molar-refractivity contribution in [1.82, 2.24) is 0 Å².